The summed E-state index contributed by atoms with van der Waals surface area (Å²) < 4.78 is 0. The summed E-state index contributed by atoms with van der Waals surface area (Å²) in [6.45, 7) is 1.82. The Morgan fingerprint density at radius 3 is 2.44 bits per heavy atom. The molecule has 1 aliphatic rings. The fourth-order valence-electron chi connectivity index (χ4n) is 2.13. The monoisotopic (exact) mass is 236 g/mol. The molecule has 1 aromatic rings. The van der Waals surface area contributed by atoms with Gasteiger partial charge in [-0.25, -0.2) is 0 Å². The van der Waals surface area contributed by atoms with Gasteiger partial charge in [0.05, 0.1) is 0 Å². The van der Waals surface area contributed by atoms with E-state index in [1.807, 2.05) is 0 Å². The van der Waals surface area contributed by atoms with Crippen molar-refractivity contribution >= 4 is 17.4 Å². The van der Waals surface area contributed by atoms with Crippen molar-refractivity contribution in [2.75, 3.05) is 24.7 Å². The molecule has 0 atom stereocenters. The number of hydrogen-bond donors (Lipinski definition) is 2. The molecule has 0 saturated heterocycles. The van der Waals surface area contributed by atoms with Gasteiger partial charge < -0.3 is 11.1 Å². The minimum atomic E-state index is 0.373. The van der Waals surface area contributed by atoms with E-state index in [4.69, 9.17) is 5.73 Å². The molecule has 0 spiro atoms. The van der Waals surface area contributed by atoms with Gasteiger partial charge in [0, 0.05) is 17.1 Å². The molecule has 0 heterocycles. The van der Waals surface area contributed by atoms with Crippen LogP contribution in [-0.2, 0) is 0 Å². The molecule has 3 N–H and O–H groups in total. The van der Waals surface area contributed by atoms with Crippen molar-refractivity contribution in [2.24, 2.45) is 11.1 Å². The first kappa shape index (κ1) is 11.8. The molecule has 0 aliphatic heterocycles. The predicted octanol–water partition coefficient (Wildman–Crippen LogP) is 2.95. The average Bonchev–Trinajstić information content (AvgIpc) is 2.29. The third kappa shape index (κ3) is 2.53. The molecule has 0 amide bonds. The summed E-state index contributed by atoms with van der Waals surface area (Å²) in [7, 11) is 0. The van der Waals surface area contributed by atoms with Crippen LogP contribution in [0, 0.1) is 5.41 Å². The fourth-order valence-corrected chi connectivity index (χ4v) is 2.54. The molecule has 16 heavy (non-hydrogen) atoms. The lowest BCUT2D eigenvalue weighted by Crippen LogP contribution is -2.42. The van der Waals surface area contributed by atoms with Gasteiger partial charge in [-0.05, 0) is 55.3 Å². The number of thioether (sulfide) groups is 1. The molecule has 3 heteroatoms. The van der Waals surface area contributed by atoms with E-state index in [0.29, 0.717) is 5.41 Å². The normalized spacial score (nSPS) is 17.9. The van der Waals surface area contributed by atoms with Gasteiger partial charge >= 0.3 is 0 Å². The summed E-state index contributed by atoms with van der Waals surface area (Å²) in [5.41, 5.74) is 7.41. The zero-order valence-electron chi connectivity index (χ0n) is 9.83. The van der Waals surface area contributed by atoms with E-state index in [2.05, 4.69) is 35.8 Å². The van der Waals surface area contributed by atoms with Gasteiger partial charge in [0.2, 0.25) is 0 Å². The zero-order chi connectivity index (χ0) is 11.4. The number of rotatable bonds is 5. The minimum Gasteiger partial charge on any atom is -0.384 e. The Morgan fingerprint density at radius 2 is 2.00 bits per heavy atom. The van der Waals surface area contributed by atoms with Crippen LogP contribution in [0.2, 0.25) is 0 Å². The van der Waals surface area contributed by atoms with Crippen molar-refractivity contribution in [2.45, 2.75) is 24.2 Å². The molecule has 0 unspecified atom stereocenters. The molecule has 88 valence electrons. The summed E-state index contributed by atoms with van der Waals surface area (Å²) in [5, 5.41) is 3.50. The largest absolute Gasteiger partial charge is 0.384 e. The lowest BCUT2D eigenvalue weighted by Gasteiger charge is -2.41. The van der Waals surface area contributed by atoms with Crippen LogP contribution in [0.15, 0.2) is 29.2 Å². The highest BCUT2D eigenvalue weighted by molar-refractivity contribution is 7.98. The topological polar surface area (TPSA) is 38.0 Å². The van der Waals surface area contributed by atoms with Crippen molar-refractivity contribution in [1.29, 1.82) is 0 Å². The number of nitrogens with one attached hydrogen (secondary N) is 1. The van der Waals surface area contributed by atoms with Crippen LogP contribution in [0.1, 0.15) is 19.3 Å². The van der Waals surface area contributed by atoms with Crippen molar-refractivity contribution in [3.8, 4) is 0 Å². The van der Waals surface area contributed by atoms with Gasteiger partial charge in [-0.15, -0.1) is 11.8 Å². The number of benzene rings is 1. The van der Waals surface area contributed by atoms with Crippen molar-refractivity contribution in [3.05, 3.63) is 24.3 Å². The smallest absolute Gasteiger partial charge is 0.0341 e. The standard InChI is InChI=1S/C13H20N2S/c1-16-12-5-3-11(4-6-12)15-10-13(9-14)7-2-8-13/h3-6,15H,2,7-10,14H2,1H3. The van der Waals surface area contributed by atoms with Gasteiger partial charge in [0.1, 0.15) is 0 Å². The predicted molar refractivity (Wildman–Crippen MR) is 72.1 cm³/mol. The van der Waals surface area contributed by atoms with E-state index in [1.54, 1.807) is 11.8 Å². The summed E-state index contributed by atoms with van der Waals surface area (Å²) in [6.07, 6.45) is 5.99. The molecule has 1 saturated carbocycles. The Morgan fingerprint density at radius 1 is 1.31 bits per heavy atom. The average molecular weight is 236 g/mol. The highest BCUT2D eigenvalue weighted by atomic mass is 32.2. The second kappa shape index (κ2) is 5.11. The maximum Gasteiger partial charge on any atom is 0.0341 e. The Labute approximate surface area is 102 Å². The second-order valence-corrected chi connectivity index (χ2v) is 5.52. The molecule has 1 fully saturated rings. The second-order valence-electron chi connectivity index (χ2n) is 4.64. The third-order valence-corrected chi connectivity index (χ3v) is 4.35. The van der Waals surface area contributed by atoms with Crippen LogP contribution >= 0.6 is 11.8 Å². The Kier molecular flexibility index (Phi) is 3.77. The molecule has 2 rings (SSSR count). The van der Waals surface area contributed by atoms with E-state index in [-0.39, 0.29) is 0 Å². The van der Waals surface area contributed by atoms with Crippen molar-refractivity contribution in [1.82, 2.24) is 0 Å². The molecular weight excluding hydrogens is 216 g/mol. The van der Waals surface area contributed by atoms with Gasteiger partial charge in [0.25, 0.3) is 0 Å². The molecule has 0 radical (unpaired) electrons. The molecule has 0 aromatic heterocycles. The number of hydrogen-bond acceptors (Lipinski definition) is 3. The summed E-state index contributed by atoms with van der Waals surface area (Å²) in [4.78, 5) is 1.31. The van der Waals surface area contributed by atoms with E-state index in [0.717, 1.165) is 13.1 Å². The Hall–Kier alpha value is -0.670. The van der Waals surface area contributed by atoms with Crippen LogP contribution in [0.4, 0.5) is 5.69 Å². The van der Waals surface area contributed by atoms with Gasteiger partial charge in [-0.1, -0.05) is 6.42 Å². The molecule has 1 aliphatic carbocycles. The molecule has 0 bridgehead atoms. The Balaban J connectivity index is 1.89. The van der Waals surface area contributed by atoms with Gasteiger partial charge in [-0.2, -0.15) is 0 Å². The van der Waals surface area contributed by atoms with Crippen LogP contribution in [0.25, 0.3) is 0 Å². The maximum atomic E-state index is 5.84. The van der Waals surface area contributed by atoms with E-state index >= 15 is 0 Å². The first-order chi connectivity index (χ1) is 7.78. The highest BCUT2D eigenvalue weighted by Gasteiger charge is 2.35. The Bertz CT molecular complexity index is 325. The lowest BCUT2D eigenvalue weighted by atomic mass is 9.69. The van der Waals surface area contributed by atoms with E-state index in [1.165, 1.54) is 29.8 Å². The van der Waals surface area contributed by atoms with Crippen molar-refractivity contribution < 1.29 is 0 Å². The zero-order valence-corrected chi connectivity index (χ0v) is 10.6. The maximum absolute atomic E-state index is 5.84. The number of nitrogens with two attached hydrogens (primary N) is 1. The van der Waals surface area contributed by atoms with E-state index in [9.17, 15) is 0 Å². The highest BCUT2D eigenvalue weighted by Crippen LogP contribution is 2.39. The first-order valence-electron chi connectivity index (χ1n) is 5.86. The van der Waals surface area contributed by atoms with Crippen LogP contribution in [0.5, 0.6) is 0 Å². The fraction of sp³-hybridized carbons (Fsp3) is 0.538. The summed E-state index contributed by atoms with van der Waals surface area (Å²) in [5.74, 6) is 0. The summed E-state index contributed by atoms with van der Waals surface area (Å²) in [6, 6.07) is 8.61. The van der Waals surface area contributed by atoms with Crippen LogP contribution in [0.3, 0.4) is 0 Å². The van der Waals surface area contributed by atoms with E-state index < -0.39 is 0 Å². The van der Waals surface area contributed by atoms with Gasteiger partial charge in [0.15, 0.2) is 0 Å². The van der Waals surface area contributed by atoms with Gasteiger partial charge in [-0.3, -0.25) is 0 Å². The quantitative estimate of drug-likeness (QED) is 0.772. The minimum absolute atomic E-state index is 0.373. The first-order valence-corrected chi connectivity index (χ1v) is 7.08. The van der Waals surface area contributed by atoms with Crippen LogP contribution < -0.4 is 11.1 Å². The molecular formula is C13H20N2S. The molecule has 2 nitrogen and oxygen atoms in total. The van der Waals surface area contributed by atoms with Crippen molar-refractivity contribution in [3.63, 3.8) is 0 Å². The van der Waals surface area contributed by atoms with Crippen LogP contribution in [-0.4, -0.2) is 19.3 Å². The third-order valence-electron chi connectivity index (χ3n) is 3.60. The summed E-state index contributed by atoms with van der Waals surface area (Å²) >= 11 is 1.77. The SMILES string of the molecule is CSc1ccc(NCC2(CN)CCC2)cc1. The molecule has 1 aromatic carbocycles. The lowest BCUT2D eigenvalue weighted by molar-refractivity contribution is 0.163. The number of anilines is 1.